The van der Waals surface area contributed by atoms with E-state index in [-0.39, 0.29) is 11.7 Å². The molecule has 0 amide bonds. The van der Waals surface area contributed by atoms with Crippen molar-refractivity contribution in [2.45, 2.75) is 4.90 Å². The van der Waals surface area contributed by atoms with E-state index in [1.54, 1.807) is 12.1 Å². The molecule has 0 saturated heterocycles. The van der Waals surface area contributed by atoms with E-state index in [1.165, 1.54) is 11.8 Å². The molecule has 2 N–H and O–H groups in total. The largest absolute Gasteiger partial charge is 0.432 e. The van der Waals surface area contributed by atoms with Crippen LogP contribution in [0.4, 0.5) is 11.5 Å². The molecule has 2 rings (SSSR count). The summed E-state index contributed by atoms with van der Waals surface area (Å²) in [4.78, 5) is 18.5. The first kappa shape index (κ1) is 13.1. The van der Waals surface area contributed by atoms with Gasteiger partial charge in [0.25, 0.3) is 0 Å². The van der Waals surface area contributed by atoms with Crippen molar-refractivity contribution in [1.29, 1.82) is 0 Å². The molecular weight excluding hydrogens is 268 g/mol. The van der Waals surface area contributed by atoms with Crippen LogP contribution in [0.2, 0.25) is 0 Å². The van der Waals surface area contributed by atoms with Crippen molar-refractivity contribution in [2.24, 2.45) is 0 Å². The number of aromatic nitrogens is 2. The van der Waals surface area contributed by atoms with Gasteiger partial charge in [-0.25, -0.2) is 4.98 Å². The number of hydrogen-bond donors (Lipinski definition) is 1. The van der Waals surface area contributed by atoms with Gasteiger partial charge in [-0.3, -0.25) is 10.1 Å². The highest BCUT2D eigenvalue weighted by Gasteiger charge is 2.23. The SMILES string of the molecule is CSc1ccccc1Oc1ncnc(N)c1[N+](=O)[O-]. The molecule has 19 heavy (non-hydrogen) atoms. The lowest BCUT2D eigenvalue weighted by atomic mass is 10.3. The van der Waals surface area contributed by atoms with Crippen LogP contribution in [0, 0.1) is 10.1 Å². The van der Waals surface area contributed by atoms with Gasteiger partial charge in [-0.1, -0.05) is 12.1 Å². The molecular formula is C11H10N4O3S. The van der Waals surface area contributed by atoms with Crippen LogP contribution < -0.4 is 10.5 Å². The molecule has 8 heteroatoms. The van der Waals surface area contributed by atoms with Gasteiger partial charge in [-0.05, 0) is 18.4 Å². The average molecular weight is 278 g/mol. The summed E-state index contributed by atoms with van der Waals surface area (Å²) in [7, 11) is 0. The Balaban J connectivity index is 2.44. The zero-order valence-electron chi connectivity index (χ0n) is 9.94. The van der Waals surface area contributed by atoms with Crippen molar-refractivity contribution in [3.63, 3.8) is 0 Å². The van der Waals surface area contributed by atoms with E-state index in [0.29, 0.717) is 5.75 Å². The molecule has 0 bridgehead atoms. The molecule has 0 aliphatic heterocycles. The number of nitrogens with zero attached hydrogens (tertiary/aromatic N) is 3. The highest BCUT2D eigenvalue weighted by Crippen LogP contribution is 2.36. The molecule has 1 aromatic carbocycles. The van der Waals surface area contributed by atoms with Gasteiger partial charge in [-0.15, -0.1) is 11.8 Å². The molecule has 98 valence electrons. The molecule has 0 saturated carbocycles. The number of nitrogen functional groups attached to an aromatic ring is 1. The molecule has 0 unspecified atom stereocenters. The highest BCUT2D eigenvalue weighted by atomic mass is 32.2. The number of para-hydroxylation sites is 1. The number of benzene rings is 1. The number of thioether (sulfide) groups is 1. The Kier molecular flexibility index (Phi) is 3.81. The monoisotopic (exact) mass is 278 g/mol. The number of rotatable bonds is 4. The van der Waals surface area contributed by atoms with E-state index in [1.807, 2.05) is 18.4 Å². The second kappa shape index (κ2) is 5.53. The molecule has 0 aliphatic carbocycles. The van der Waals surface area contributed by atoms with Gasteiger partial charge in [0.05, 0.1) is 4.92 Å². The molecule has 0 atom stereocenters. The number of hydrogen-bond acceptors (Lipinski definition) is 7. The van der Waals surface area contributed by atoms with Crippen LogP contribution in [0.1, 0.15) is 0 Å². The van der Waals surface area contributed by atoms with E-state index in [9.17, 15) is 10.1 Å². The molecule has 1 aromatic heterocycles. The number of nitrogens with two attached hydrogens (primary N) is 1. The van der Waals surface area contributed by atoms with Crippen molar-refractivity contribution in [1.82, 2.24) is 9.97 Å². The fourth-order valence-electron chi connectivity index (χ4n) is 1.43. The van der Waals surface area contributed by atoms with Gasteiger partial charge in [0, 0.05) is 4.90 Å². The minimum absolute atomic E-state index is 0.168. The first-order valence-corrected chi connectivity index (χ1v) is 6.41. The summed E-state index contributed by atoms with van der Waals surface area (Å²) < 4.78 is 5.48. The fraction of sp³-hybridized carbons (Fsp3) is 0.0909. The van der Waals surface area contributed by atoms with E-state index >= 15 is 0 Å². The zero-order valence-corrected chi connectivity index (χ0v) is 10.8. The lowest BCUT2D eigenvalue weighted by molar-refractivity contribution is -0.385. The van der Waals surface area contributed by atoms with Gasteiger partial charge in [0.1, 0.15) is 12.1 Å². The van der Waals surface area contributed by atoms with Crippen LogP contribution in [0.25, 0.3) is 0 Å². The van der Waals surface area contributed by atoms with E-state index in [4.69, 9.17) is 10.5 Å². The van der Waals surface area contributed by atoms with Crippen LogP contribution in [0.5, 0.6) is 11.6 Å². The summed E-state index contributed by atoms with van der Waals surface area (Å²) in [5, 5.41) is 10.9. The van der Waals surface area contributed by atoms with Gasteiger partial charge >= 0.3 is 11.6 Å². The maximum Gasteiger partial charge on any atom is 0.372 e. The van der Waals surface area contributed by atoms with Gasteiger partial charge < -0.3 is 10.5 Å². The summed E-state index contributed by atoms with van der Waals surface area (Å²) in [5.74, 6) is 0.0897. The van der Waals surface area contributed by atoms with Crippen molar-refractivity contribution in [2.75, 3.05) is 12.0 Å². The maximum atomic E-state index is 10.9. The minimum Gasteiger partial charge on any atom is -0.432 e. The zero-order chi connectivity index (χ0) is 13.8. The number of nitro groups is 1. The summed E-state index contributed by atoms with van der Waals surface area (Å²) in [6, 6.07) is 7.16. The topological polar surface area (TPSA) is 104 Å². The molecule has 0 spiro atoms. The second-order valence-electron chi connectivity index (χ2n) is 3.42. The van der Waals surface area contributed by atoms with Crippen molar-refractivity contribution in [3.05, 3.63) is 40.7 Å². The summed E-state index contributed by atoms with van der Waals surface area (Å²) in [6.45, 7) is 0. The third kappa shape index (κ3) is 2.74. The summed E-state index contributed by atoms with van der Waals surface area (Å²) in [6.07, 6.45) is 3.00. The van der Waals surface area contributed by atoms with Crippen molar-refractivity contribution < 1.29 is 9.66 Å². The predicted octanol–water partition coefficient (Wildman–Crippen LogP) is 2.48. The lowest BCUT2D eigenvalue weighted by Crippen LogP contribution is -2.02. The molecule has 7 nitrogen and oxygen atoms in total. The highest BCUT2D eigenvalue weighted by molar-refractivity contribution is 7.98. The predicted molar refractivity (Wildman–Crippen MR) is 71.4 cm³/mol. The van der Waals surface area contributed by atoms with Gasteiger partial charge in [0.15, 0.2) is 0 Å². The molecule has 1 heterocycles. The Morgan fingerprint density at radius 3 is 2.79 bits per heavy atom. The Hall–Kier alpha value is -2.35. The van der Waals surface area contributed by atoms with Gasteiger partial charge in [-0.2, -0.15) is 4.98 Å². The van der Waals surface area contributed by atoms with Crippen LogP contribution in [-0.2, 0) is 0 Å². The van der Waals surface area contributed by atoms with Crippen molar-refractivity contribution >= 4 is 23.3 Å². The smallest absolute Gasteiger partial charge is 0.372 e. The molecule has 0 fully saturated rings. The second-order valence-corrected chi connectivity index (χ2v) is 4.27. The van der Waals surface area contributed by atoms with Gasteiger partial charge in [0.2, 0.25) is 5.82 Å². The average Bonchev–Trinajstić information content (AvgIpc) is 2.39. The molecule has 0 radical (unpaired) electrons. The third-order valence-electron chi connectivity index (χ3n) is 2.28. The Labute approximate surface area is 113 Å². The fourth-order valence-corrected chi connectivity index (χ4v) is 1.95. The molecule has 2 aromatic rings. The first-order valence-electron chi connectivity index (χ1n) is 5.19. The number of ether oxygens (including phenoxy) is 1. The normalized spacial score (nSPS) is 10.2. The molecule has 0 aliphatic rings. The van der Waals surface area contributed by atoms with Crippen LogP contribution in [0.15, 0.2) is 35.5 Å². The van der Waals surface area contributed by atoms with Crippen molar-refractivity contribution in [3.8, 4) is 11.6 Å². The maximum absolute atomic E-state index is 10.9. The van der Waals surface area contributed by atoms with Crippen LogP contribution in [0.3, 0.4) is 0 Å². The summed E-state index contributed by atoms with van der Waals surface area (Å²) >= 11 is 1.46. The van der Waals surface area contributed by atoms with E-state index in [0.717, 1.165) is 11.2 Å². The van der Waals surface area contributed by atoms with Crippen LogP contribution in [-0.4, -0.2) is 21.1 Å². The Morgan fingerprint density at radius 2 is 2.11 bits per heavy atom. The van der Waals surface area contributed by atoms with E-state index < -0.39 is 10.6 Å². The van der Waals surface area contributed by atoms with E-state index in [2.05, 4.69) is 9.97 Å². The summed E-state index contributed by atoms with van der Waals surface area (Å²) in [5.41, 5.74) is 5.04. The first-order chi connectivity index (χ1) is 9.13. The minimum atomic E-state index is -0.660. The Morgan fingerprint density at radius 1 is 1.37 bits per heavy atom. The number of anilines is 1. The lowest BCUT2D eigenvalue weighted by Gasteiger charge is -2.08. The Bertz CT molecular complexity index is 621. The third-order valence-corrected chi connectivity index (χ3v) is 3.05. The standard InChI is InChI=1S/C11H10N4O3S/c1-19-8-5-3-2-4-7(8)18-11-9(15(16)17)10(12)13-6-14-11/h2-6H,1H3,(H2,12,13,14). The van der Waals surface area contributed by atoms with Crippen LogP contribution >= 0.6 is 11.8 Å². The quantitative estimate of drug-likeness (QED) is 0.520.